The van der Waals surface area contributed by atoms with E-state index in [4.69, 9.17) is 15.3 Å². The minimum absolute atomic E-state index is 0.0834. The van der Waals surface area contributed by atoms with Crippen molar-refractivity contribution in [3.8, 4) is 0 Å². The van der Waals surface area contributed by atoms with Gasteiger partial charge in [-0.15, -0.1) is 0 Å². The van der Waals surface area contributed by atoms with Gasteiger partial charge in [0, 0.05) is 58.8 Å². The lowest BCUT2D eigenvalue weighted by Crippen LogP contribution is -2.47. The van der Waals surface area contributed by atoms with Gasteiger partial charge in [0.2, 0.25) is 0 Å². The Bertz CT molecular complexity index is 527. The van der Waals surface area contributed by atoms with Gasteiger partial charge in [-0.1, -0.05) is 6.92 Å². The minimum atomic E-state index is -0.957. The predicted molar refractivity (Wildman–Crippen MR) is 111 cm³/mol. The Balaban J connectivity index is 0.00000150. The largest absolute Gasteiger partial charge is 0.480 e. The third-order valence-electron chi connectivity index (χ3n) is 4.64. The fraction of sp³-hybridized carbons (Fsp3) is 0.789. The number of Topliss-reactive ketones (excluding diaryl/α,β-unsaturated/α-hetero) is 1. The van der Waals surface area contributed by atoms with Gasteiger partial charge in [-0.2, -0.15) is 0 Å². The molecule has 0 saturated carbocycles. The van der Waals surface area contributed by atoms with E-state index < -0.39 is 17.9 Å². The van der Waals surface area contributed by atoms with Gasteiger partial charge in [-0.3, -0.25) is 29.1 Å². The Morgan fingerprint density at radius 1 is 0.633 bits per heavy atom. The molecule has 0 radical (unpaired) electrons. The van der Waals surface area contributed by atoms with Gasteiger partial charge in [0.25, 0.3) is 0 Å². The Hall–Kier alpha value is -2.08. The van der Waals surface area contributed by atoms with E-state index in [9.17, 15) is 19.2 Å². The smallest absolute Gasteiger partial charge is 0.317 e. The van der Waals surface area contributed by atoms with Gasteiger partial charge in [0.15, 0.2) is 0 Å². The molecule has 0 aliphatic carbocycles. The summed E-state index contributed by atoms with van der Waals surface area (Å²) in [5, 5.41) is 27.1. The van der Waals surface area contributed by atoms with E-state index >= 15 is 0 Å². The summed E-state index contributed by atoms with van der Waals surface area (Å²) < 4.78 is 0. The van der Waals surface area contributed by atoms with Gasteiger partial charge >= 0.3 is 17.9 Å². The van der Waals surface area contributed by atoms with Gasteiger partial charge in [0.05, 0.1) is 19.6 Å². The second-order valence-electron chi connectivity index (χ2n) is 7.37. The van der Waals surface area contributed by atoms with Gasteiger partial charge in [-0.25, -0.2) is 0 Å². The maximum absolute atomic E-state index is 11.0. The van der Waals surface area contributed by atoms with E-state index in [1.54, 1.807) is 21.6 Å². The molecule has 1 heterocycles. The molecule has 0 bridgehead atoms. The molecule has 11 heteroatoms. The maximum atomic E-state index is 11.0. The van der Waals surface area contributed by atoms with E-state index in [0.29, 0.717) is 58.8 Å². The third-order valence-corrected chi connectivity index (χ3v) is 4.64. The number of carboxylic acids is 3. The highest BCUT2D eigenvalue weighted by Crippen LogP contribution is 2.00. The Morgan fingerprint density at radius 3 is 1.07 bits per heavy atom. The lowest BCUT2D eigenvalue weighted by atomic mass is 10.3. The van der Waals surface area contributed by atoms with Crippen LogP contribution in [0.5, 0.6) is 0 Å². The number of carbonyl (C=O) groups is 4. The summed E-state index contributed by atoms with van der Waals surface area (Å²) in [5.74, 6) is -2.52. The Labute approximate surface area is 177 Å². The topological polar surface area (TPSA) is 142 Å². The summed E-state index contributed by atoms with van der Waals surface area (Å²) in [6.45, 7) is 7.29. The summed E-state index contributed by atoms with van der Waals surface area (Å²) in [6.07, 6.45) is 0.667. The standard InChI is InChI=1S/C15H28N4O6.C4H8O/c1-16-2-4-17(10-13(20)21)6-8-19(12-15(24)25)9-7-18(5-3-16)11-14(22)23;1-3-4(2)5/h2-12H2,1H3,(H,20,21)(H,22,23)(H,24,25);3H2,1-2H3. The van der Waals surface area contributed by atoms with Gasteiger partial charge in [0.1, 0.15) is 5.78 Å². The van der Waals surface area contributed by atoms with Crippen molar-refractivity contribution >= 4 is 23.7 Å². The van der Waals surface area contributed by atoms with Crippen LogP contribution in [-0.4, -0.2) is 138 Å². The van der Waals surface area contributed by atoms with Crippen molar-refractivity contribution in [3.05, 3.63) is 0 Å². The molecule has 0 aromatic carbocycles. The van der Waals surface area contributed by atoms with Crippen molar-refractivity contribution in [3.63, 3.8) is 0 Å². The number of ketones is 1. The molecule has 0 amide bonds. The number of carboxylic acid groups (broad SMARTS) is 3. The van der Waals surface area contributed by atoms with Crippen LogP contribution in [0.3, 0.4) is 0 Å². The van der Waals surface area contributed by atoms with Crippen molar-refractivity contribution in [2.45, 2.75) is 20.3 Å². The van der Waals surface area contributed by atoms with Crippen molar-refractivity contribution in [1.82, 2.24) is 19.6 Å². The van der Waals surface area contributed by atoms with Crippen molar-refractivity contribution in [2.75, 3.05) is 79.0 Å². The number of nitrogens with zero attached hydrogens (tertiary/aromatic N) is 4. The molecule has 1 fully saturated rings. The molecule has 3 N–H and O–H groups in total. The van der Waals surface area contributed by atoms with E-state index in [1.165, 1.54) is 0 Å². The first-order valence-corrected chi connectivity index (χ1v) is 10.0. The first-order chi connectivity index (χ1) is 14.0. The molecule has 1 aliphatic rings. The predicted octanol–water partition coefficient (Wildman–Crippen LogP) is -0.923. The van der Waals surface area contributed by atoms with Crippen LogP contribution >= 0.6 is 0 Å². The molecule has 30 heavy (non-hydrogen) atoms. The zero-order valence-corrected chi connectivity index (χ0v) is 18.2. The highest BCUT2D eigenvalue weighted by Gasteiger charge is 2.18. The second-order valence-corrected chi connectivity index (χ2v) is 7.37. The van der Waals surface area contributed by atoms with Crippen molar-refractivity contribution in [1.29, 1.82) is 0 Å². The molecule has 11 nitrogen and oxygen atoms in total. The van der Waals surface area contributed by atoms with E-state index in [-0.39, 0.29) is 25.4 Å². The molecule has 0 atom stereocenters. The Morgan fingerprint density at radius 2 is 0.867 bits per heavy atom. The Kier molecular flexibility index (Phi) is 14.6. The van der Waals surface area contributed by atoms with Crippen LogP contribution in [0.25, 0.3) is 0 Å². The average molecular weight is 433 g/mol. The number of hydrogen-bond acceptors (Lipinski definition) is 8. The number of rotatable bonds is 7. The number of carbonyl (C=O) groups excluding carboxylic acids is 1. The molecule has 1 aliphatic heterocycles. The molecule has 0 spiro atoms. The van der Waals surface area contributed by atoms with Crippen LogP contribution in [0.15, 0.2) is 0 Å². The average Bonchev–Trinajstić information content (AvgIpc) is 2.63. The van der Waals surface area contributed by atoms with Crippen LogP contribution < -0.4 is 0 Å². The van der Waals surface area contributed by atoms with Crippen LogP contribution in [0.1, 0.15) is 20.3 Å². The highest BCUT2D eigenvalue weighted by atomic mass is 16.4. The van der Waals surface area contributed by atoms with Crippen LogP contribution in [0.2, 0.25) is 0 Å². The molecule has 174 valence electrons. The molecule has 0 unspecified atom stereocenters. The first-order valence-electron chi connectivity index (χ1n) is 10.0. The summed E-state index contributed by atoms with van der Waals surface area (Å²) in [6, 6.07) is 0. The number of hydrogen-bond donors (Lipinski definition) is 3. The zero-order chi connectivity index (χ0) is 23.1. The summed E-state index contributed by atoms with van der Waals surface area (Å²) in [4.78, 5) is 50.2. The van der Waals surface area contributed by atoms with Crippen molar-refractivity contribution < 1.29 is 34.5 Å². The van der Waals surface area contributed by atoms with E-state index in [0.717, 1.165) is 0 Å². The van der Waals surface area contributed by atoms with Crippen LogP contribution in [0.4, 0.5) is 0 Å². The highest BCUT2D eigenvalue weighted by molar-refractivity contribution is 5.74. The molecule has 1 saturated heterocycles. The van der Waals surface area contributed by atoms with Crippen LogP contribution in [-0.2, 0) is 19.2 Å². The quantitative estimate of drug-likeness (QED) is 0.459. The molecular formula is C19H36N4O7. The molecule has 1 rings (SSSR count). The van der Waals surface area contributed by atoms with Crippen molar-refractivity contribution in [2.24, 2.45) is 0 Å². The number of aliphatic carboxylic acids is 3. The molecule has 0 aromatic heterocycles. The first kappa shape index (κ1) is 27.9. The summed E-state index contributed by atoms with van der Waals surface area (Å²) >= 11 is 0. The lowest BCUT2D eigenvalue weighted by Gasteiger charge is -2.31. The SMILES string of the molecule is CCC(C)=O.CN1CCN(CC(=O)O)CCN(CC(=O)O)CCN(CC(=O)O)CC1. The fourth-order valence-electron chi connectivity index (χ4n) is 2.69. The monoisotopic (exact) mass is 432 g/mol. The summed E-state index contributed by atoms with van der Waals surface area (Å²) in [5.41, 5.74) is 0. The lowest BCUT2D eigenvalue weighted by molar-refractivity contribution is -0.140. The van der Waals surface area contributed by atoms with E-state index in [2.05, 4.69) is 0 Å². The van der Waals surface area contributed by atoms with Gasteiger partial charge < -0.3 is 25.0 Å². The summed E-state index contributed by atoms with van der Waals surface area (Å²) in [7, 11) is 1.92. The third kappa shape index (κ3) is 15.8. The second kappa shape index (κ2) is 15.7. The van der Waals surface area contributed by atoms with Crippen LogP contribution in [0, 0.1) is 0 Å². The molecular weight excluding hydrogens is 396 g/mol. The maximum Gasteiger partial charge on any atom is 0.317 e. The van der Waals surface area contributed by atoms with E-state index in [1.807, 2.05) is 18.9 Å². The van der Waals surface area contributed by atoms with Gasteiger partial charge in [-0.05, 0) is 14.0 Å². The molecule has 0 aromatic rings. The minimum Gasteiger partial charge on any atom is -0.480 e. The zero-order valence-electron chi connectivity index (χ0n) is 18.2. The number of likely N-dealkylation sites (N-methyl/N-ethyl adjacent to an activating group) is 1. The fourth-order valence-corrected chi connectivity index (χ4v) is 2.69. The normalized spacial score (nSPS) is 18.4.